The van der Waals surface area contributed by atoms with Crippen LogP contribution in [0.1, 0.15) is 5.56 Å². The molecule has 0 bridgehead atoms. The normalized spacial score (nSPS) is 9.85. The Labute approximate surface area is 120 Å². The van der Waals surface area contributed by atoms with Crippen LogP contribution in [0.5, 0.6) is 0 Å². The van der Waals surface area contributed by atoms with Crippen molar-refractivity contribution in [2.45, 2.75) is 0 Å². The van der Waals surface area contributed by atoms with Gasteiger partial charge in [0.25, 0.3) is 0 Å². The third kappa shape index (κ3) is 2.56. The van der Waals surface area contributed by atoms with Crippen LogP contribution in [-0.4, -0.2) is 12.0 Å². The molecular weight excluding hydrogens is 278 g/mol. The second kappa shape index (κ2) is 5.59. The van der Waals surface area contributed by atoms with Crippen LogP contribution in [0, 0.1) is 21.4 Å². The van der Waals surface area contributed by atoms with Gasteiger partial charge in [0.1, 0.15) is 10.7 Å². The number of nitro groups is 1. The van der Waals surface area contributed by atoms with E-state index in [-0.39, 0.29) is 10.7 Å². The predicted molar refractivity (Wildman–Crippen MR) is 77.3 cm³/mol. The Kier molecular flexibility index (Phi) is 3.87. The number of hydrogen-bond acceptors (Lipinski definition) is 4. The van der Waals surface area contributed by atoms with E-state index in [9.17, 15) is 10.1 Å². The zero-order valence-corrected chi connectivity index (χ0v) is 11.3. The Morgan fingerprint density at radius 3 is 2.65 bits per heavy atom. The number of rotatable bonds is 3. The molecule has 0 unspecified atom stereocenters. The minimum atomic E-state index is -0.512. The zero-order valence-electron chi connectivity index (χ0n) is 10.6. The fraction of sp³-hybridized carbons (Fsp3) is 0.0714. The maximum atomic E-state index is 11.1. The molecule has 2 aromatic rings. The topological polar surface area (TPSA) is 70.2 Å². The number of nitrogens with zero attached hydrogens (tertiary/aromatic N) is 3. The molecule has 0 aliphatic rings. The van der Waals surface area contributed by atoms with E-state index in [1.54, 1.807) is 48.3 Å². The van der Waals surface area contributed by atoms with Gasteiger partial charge in [0.15, 0.2) is 0 Å². The maximum Gasteiger partial charge on any atom is 0.311 e. The minimum Gasteiger partial charge on any atom is -0.339 e. The minimum absolute atomic E-state index is 0.0794. The van der Waals surface area contributed by atoms with E-state index in [0.29, 0.717) is 16.9 Å². The molecule has 0 aromatic heterocycles. The van der Waals surface area contributed by atoms with Crippen molar-refractivity contribution in [2.75, 3.05) is 11.9 Å². The smallest absolute Gasteiger partial charge is 0.311 e. The summed E-state index contributed by atoms with van der Waals surface area (Å²) in [6, 6.07) is 13.6. The summed E-state index contributed by atoms with van der Waals surface area (Å²) in [5, 5.41) is 20.1. The first kappa shape index (κ1) is 13.8. The average molecular weight is 288 g/mol. The molecule has 0 spiro atoms. The van der Waals surface area contributed by atoms with Gasteiger partial charge in [-0.15, -0.1) is 0 Å². The fourth-order valence-corrected chi connectivity index (χ4v) is 2.12. The van der Waals surface area contributed by atoms with Crippen molar-refractivity contribution < 1.29 is 4.92 Å². The van der Waals surface area contributed by atoms with Crippen molar-refractivity contribution in [1.29, 1.82) is 5.26 Å². The van der Waals surface area contributed by atoms with Gasteiger partial charge >= 0.3 is 5.69 Å². The first-order valence-electron chi connectivity index (χ1n) is 5.71. The third-order valence-corrected chi connectivity index (χ3v) is 3.18. The van der Waals surface area contributed by atoms with Gasteiger partial charge in [0.05, 0.1) is 16.6 Å². The maximum absolute atomic E-state index is 11.1. The molecule has 0 saturated heterocycles. The quantitative estimate of drug-likeness (QED) is 0.634. The zero-order chi connectivity index (χ0) is 14.7. The Bertz CT molecular complexity index is 710. The standard InChI is InChI=1S/C14H10ClN3O2/c1-17(11-5-2-4-10(8-11)9-16)13-7-3-6-12(15)14(13)18(19)20/h2-8H,1H3. The highest BCUT2D eigenvalue weighted by Gasteiger charge is 2.21. The van der Waals surface area contributed by atoms with Crippen molar-refractivity contribution >= 4 is 28.7 Å². The summed E-state index contributed by atoms with van der Waals surface area (Å²) >= 11 is 5.89. The van der Waals surface area contributed by atoms with E-state index in [4.69, 9.17) is 16.9 Å². The molecular formula is C14H10ClN3O2. The Balaban J connectivity index is 2.54. The summed E-state index contributed by atoms with van der Waals surface area (Å²) in [5.41, 5.74) is 1.38. The number of hydrogen-bond donors (Lipinski definition) is 0. The fourth-order valence-electron chi connectivity index (χ4n) is 1.88. The number of benzene rings is 2. The number of nitriles is 1. The summed E-state index contributed by atoms with van der Waals surface area (Å²) in [7, 11) is 1.69. The molecule has 0 amide bonds. The molecule has 0 aliphatic heterocycles. The van der Waals surface area contributed by atoms with E-state index in [1.165, 1.54) is 6.07 Å². The number of para-hydroxylation sites is 1. The van der Waals surface area contributed by atoms with E-state index in [0.717, 1.165) is 0 Å². The van der Waals surface area contributed by atoms with Crippen LogP contribution in [0.25, 0.3) is 0 Å². The summed E-state index contributed by atoms with van der Waals surface area (Å²) < 4.78 is 0. The van der Waals surface area contributed by atoms with Gasteiger partial charge in [0.2, 0.25) is 0 Å². The average Bonchev–Trinajstić information content (AvgIpc) is 2.45. The van der Waals surface area contributed by atoms with Crippen LogP contribution in [0.4, 0.5) is 17.1 Å². The van der Waals surface area contributed by atoms with Crippen LogP contribution < -0.4 is 4.90 Å². The van der Waals surface area contributed by atoms with Crippen molar-refractivity contribution in [3.63, 3.8) is 0 Å². The second-order valence-corrected chi connectivity index (χ2v) is 4.49. The lowest BCUT2D eigenvalue weighted by Crippen LogP contribution is -2.11. The molecule has 0 atom stereocenters. The van der Waals surface area contributed by atoms with E-state index < -0.39 is 4.92 Å². The van der Waals surface area contributed by atoms with Crippen molar-refractivity contribution in [2.24, 2.45) is 0 Å². The first-order chi connectivity index (χ1) is 9.54. The van der Waals surface area contributed by atoms with Gasteiger partial charge in [0, 0.05) is 12.7 Å². The second-order valence-electron chi connectivity index (χ2n) is 4.09. The molecule has 2 aromatic carbocycles. The molecule has 0 radical (unpaired) electrons. The highest BCUT2D eigenvalue weighted by atomic mass is 35.5. The van der Waals surface area contributed by atoms with Gasteiger partial charge in [-0.3, -0.25) is 10.1 Å². The lowest BCUT2D eigenvalue weighted by Gasteiger charge is -2.19. The Morgan fingerprint density at radius 2 is 2.00 bits per heavy atom. The van der Waals surface area contributed by atoms with Crippen LogP contribution >= 0.6 is 11.6 Å². The van der Waals surface area contributed by atoms with Crippen molar-refractivity contribution in [3.8, 4) is 6.07 Å². The van der Waals surface area contributed by atoms with E-state index >= 15 is 0 Å². The van der Waals surface area contributed by atoms with Crippen LogP contribution in [0.3, 0.4) is 0 Å². The van der Waals surface area contributed by atoms with Gasteiger partial charge in [-0.1, -0.05) is 23.7 Å². The molecule has 20 heavy (non-hydrogen) atoms. The van der Waals surface area contributed by atoms with Gasteiger partial charge in [-0.2, -0.15) is 5.26 Å². The van der Waals surface area contributed by atoms with Crippen LogP contribution in [-0.2, 0) is 0 Å². The van der Waals surface area contributed by atoms with Crippen molar-refractivity contribution in [3.05, 3.63) is 63.2 Å². The molecule has 100 valence electrons. The summed E-state index contributed by atoms with van der Waals surface area (Å²) in [5.74, 6) is 0. The molecule has 0 fully saturated rings. The van der Waals surface area contributed by atoms with Gasteiger partial charge in [-0.25, -0.2) is 0 Å². The van der Waals surface area contributed by atoms with Gasteiger partial charge in [-0.05, 0) is 30.3 Å². The van der Waals surface area contributed by atoms with E-state index in [1.807, 2.05) is 6.07 Å². The third-order valence-electron chi connectivity index (χ3n) is 2.87. The molecule has 6 heteroatoms. The lowest BCUT2D eigenvalue weighted by atomic mass is 10.2. The lowest BCUT2D eigenvalue weighted by molar-refractivity contribution is -0.383. The van der Waals surface area contributed by atoms with Crippen molar-refractivity contribution in [1.82, 2.24) is 0 Å². The van der Waals surface area contributed by atoms with Crippen LogP contribution in [0.2, 0.25) is 5.02 Å². The van der Waals surface area contributed by atoms with Gasteiger partial charge < -0.3 is 4.90 Å². The summed E-state index contributed by atoms with van der Waals surface area (Å²) in [6.07, 6.45) is 0. The highest BCUT2D eigenvalue weighted by molar-refractivity contribution is 6.33. The predicted octanol–water partition coefficient (Wildman–Crippen LogP) is 3.89. The molecule has 0 saturated carbocycles. The Hall–Kier alpha value is -2.58. The van der Waals surface area contributed by atoms with Crippen LogP contribution in [0.15, 0.2) is 42.5 Å². The Morgan fingerprint density at radius 1 is 1.30 bits per heavy atom. The summed E-state index contributed by atoms with van der Waals surface area (Å²) in [4.78, 5) is 12.3. The number of anilines is 2. The number of halogens is 1. The number of nitro benzene ring substituents is 1. The SMILES string of the molecule is CN(c1cccc(C#N)c1)c1cccc(Cl)c1[N+](=O)[O-]. The molecule has 0 heterocycles. The first-order valence-corrected chi connectivity index (χ1v) is 6.09. The molecule has 2 rings (SSSR count). The summed E-state index contributed by atoms with van der Waals surface area (Å²) in [6.45, 7) is 0. The molecule has 0 aliphatic carbocycles. The highest BCUT2D eigenvalue weighted by Crippen LogP contribution is 2.37. The van der Waals surface area contributed by atoms with E-state index in [2.05, 4.69) is 0 Å². The largest absolute Gasteiger partial charge is 0.339 e. The monoisotopic (exact) mass is 287 g/mol. The molecule has 0 N–H and O–H groups in total. The molecule has 5 nitrogen and oxygen atoms in total.